The highest BCUT2D eigenvalue weighted by molar-refractivity contribution is 6.30. The molecular weight excluding hydrogens is 426 g/mol. The van der Waals surface area contributed by atoms with Gasteiger partial charge in [-0.3, -0.25) is 0 Å². The quantitative estimate of drug-likeness (QED) is 0.367. The number of aryl methyl sites for hydroxylation is 1. The van der Waals surface area contributed by atoms with E-state index >= 15 is 0 Å². The summed E-state index contributed by atoms with van der Waals surface area (Å²) in [5, 5.41) is 4.33. The molecule has 1 fully saturated rings. The SMILES string of the molecule is C=C1CCCC/C1=C(\CCCN(CC)CCNc1ccc(C)cc1)N(C)c1ccc(Cl)cc1. The van der Waals surface area contributed by atoms with Crippen LogP contribution in [0.1, 0.15) is 51.0 Å². The lowest BCUT2D eigenvalue weighted by molar-refractivity contribution is 0.295. The van der Waals surface area contributed by atoms with E-state index in [-0.39, 0.29) is 0 Å². The molecule has 1 N–H and O–H groups in total. The van der Waals surface area contributed by atoms with Crippen LogP contribution in [0.4, 0.5) is 11.4 Å². The van der Waals surface area contributed by atoms with E-state index in [1.54, 1.807) is 0 Å². The number of nitrogens with one attached hydrogen (secondary N) is 1. The summed E-state index contributed by atoms with van der Waals surface area (Å²) in [5.74, 6) is 0. The molecule has 1 aliphatic rings. The van der Waals surface area contributed by atoms with Crippen LogP contribution < -0.4 is 10.2 Å². The summed E-state index contributed by atoms with van der Waals surface area (Å²) < 4.78 is 0. The number of nitrogens with zero attached hydrogens (tertiary/aromatic N) is 2. The highest BCUT2D eigenvalue weighted by Crippen LogP contribution is 2.34. The standard InChI is InChI=1S/C29H40ClN3/c1-5-33(22-20-31-26-16-12-23(2)13-17-26)21-8-11-29(28-10-7-6-9-24(28)3)32(4)27-18-14-25(30)15-19-27/h12-19,31H,3,5-11,20-22H2,1-2,4H3/b29-28-. The largest absolute Gasteiger partial charge is 0.384 e. The number of allylic oxidation sites excluding steroid dienone is 3. The van der Waals surface area contributed by atoms with Crippen molar-refractivity contribution < 1.29 is 0 Å². The number of rotatable bonds is 11. The molecule has 0 radical (unpaired) electrons. The minimum absolute atomic E-state index is 0.779. The minimum atomic E-state index is 0.779. The normalized spacial score (nSPS) is 15.6. The first-order chi connectivity index (χ1) is 16.0. The van der Waals surface area contributed by atoms with Gasteiger partial charge in [-0.1, -0.05) is 48.4 Å². The Kier molecular flexibility index (Phi) is 9.90. The van der Waals surface area contributed by atoms with Crippen molar-refractivity contribution in [1.82, 2.24) is 4.90 Å². The van der Waals surface area contributed by atoms with Gasteiger partial charge in [-0.25, -0.2) is 0 Å². The number of hydrogen-bond donors (Lipinski definition) is 1. The van der Waals surface area contributed by atoms with Gasteiger partial charge >= 0.3 is 0 Å². The van der Waals surface area contributed by atoms with Gasteiger partial charge in [-0.05, 0) is 101 Å². The Morgan fingerprint density at radius 2 is 1.70 bits per heavy atom. The summed E-state index contributed by atoms with van der Waals surface area (Å²) in [4.78, 5) is 4.90. The van der Waals surface area contributed by atoms with Crippen LogP contribution in [0, 0.1) is 6.92 Å². The maximum Gasteiger partial charge on any atom is 0.0407 e. The van der Waals surface area contributed by atoms with Gasteiger partial charge in [0, 0.05) is 42.2 Å². The maximum absolute atomic E-state index is 6.13. The second kappa shape index (κ2) is 12.9. The average Bonchev–Trinajstić information content (AvgIpc) is 2.82. The highest BCUT2D eigenvalue weighted by Gasteiger charge is 2.19. The van der Waals surface area contributed by atoms with Crippen LogP contribution in [0.2, 0.25) is 5.02 Å². The highest BCUT2D eigenvalue weighted by atomic mass is 35.5. The molecule has 33 heavy (non-hydrogen) atoms. The first kappa shape index (κ1) is 25.4. The fourth-order valence-electron chi connectivity index (χ4n) is 4.59. The molecule has 1 saturated carbocycles. The van der Waals surface area contributed by atoms with Gasteiger partial charge in [0.15, 0.2) is 0 Å². The van der Waals surface area contributed by atoms with Gasteiger partial charge in [-0.15, -0.1) is 0 Å². The van der Waals surface area contributed by atoms with E-state index in [1.165, 1.54) is 46.6 Å². The van der Waals surface area contributed by atoms with Crippen molar-refractivity contribution >= 4 is 23.0 Å². The molecule has 0 bridgehead atoms. The lowest BCUT2D eigenvalue weighted by Gasteiger charge is -2.30. The zero-order valence-electron chi connectivity index (χ0n) is 20.7. The molecule has 0 aliphatic heterocycles. The van der Waals surface area contributed by atoms with Crippen molar-refractivity contribution in [2.24, 2.45) is 0 Å². The summed E-state index contributed by atoms with van der Waals surface area (Å²) in [6, 6.07) is 16.8. The third-order valence-electron chi connectivity index (χ3n) is 6.69. The molecule has 1 aliphatic carbocycles. The Morgan fingerprint density at radius 3 is 2.36 bits per heavy atom. The Balaban J connectivity index is 1.59. The zero-order chi connectivity index (χ0) is 23.6. The molecule has 0 saturated heterocycles. The maximum atomic E-state index is 6.13. The van der Waals surface area contributed by atoms with Gasteiger partial charge in [0.05, 0.1) is 0 Å². The molecule has 4 heteroatoms. The zero-order valence-corrected chi connectivity index (χ0v) is 21.4. The smallest absolute Gasteiger partial charge is 0.0407 e. The number of anilines is 2. The van der Waals surface area contributed by atoms with Gasteiger partial charge < -0.3 is 15.1 Å². The first-order valence-corrected chi connectivity index (χ1v) is 12.8. The van der Waals surface area contributed by atoms with Crippen molar-refractivity contribution in [3.63, 3.8) is 0 Å². The molecule has 3 rings (SSSR count). The molecule has 178 valence electrons. The first-order valence-electron chi connectivity index (χ1n) is 12.4. The van der Waals surface area contributed by atoms with E-state index in [0.717, 1.165) is 56.9 Å². The molecule has 2 aromatic carbocycles. The van der Waals surface area contributed by atoms with Crippen LogP contribution in [-0.4, -0.2) is 38.1 Å². The predicted molar refractivity (Wildman–Crippen MR) is 146 cm³/mol. The topological polar surface area (TPSA) is 18.5 Å². The van der Waals surface area contributed by atoms with E-state index < -0.39 is 0 Å². The summed E-state index contributed by atoms with van der Waals surface area (Å²) in [6.07, 6.45) is 7.00. The van der Waals surface area contributed by atoms with Gasteiger partial charge in [-0.2, -0.15) is 0 Å². The molecule has 0 amide bonds. The third kappa shape index (κ3) is 7.65. The van der Waals surface area contributed by atoms with Crippen LogP contribution >= 0.6 is 11.6 Å². The van der Waals surface area contributed by atoms with E-state index in [0.29, 0.717) is 0 Å². The van der Waals surface area contributed by atoms with Crippen molar-refractivity contribution in [3.05, 3.63) is 82.5 Å². The van der Waals surface area contributed by atoms with Crippen LogP contribution in [0.15, 0.2) is 72.0 Å². The van der Waals surface area contributed by atoms with Gasteiger partial charge in [0.25, 0.3) is 0 Å². The van der Waals surface area contributed by atoms with Crippen molar-refractivity contribution in [3.8, 4) is 0 Å². The van der Waals surface area contributed by atoms with E-state index in [1.807, 2.05) is 12.1 Å². The molecular formula is C29H40ClN3. The number of halogens is 1. The third-order valence-corrected chi connectivity index (χ3v) is 6.95. The van der Waals surface area contributed by atoms with Crippen LogP contribution in [0.25, 0.3) is 0 Å². The average molecular weight is 466 g/mol. The molecule has 0 spiro atoms. The minimum Gasteiger partial charge on any atom is -0.384 e. The fraction of sp³-hybridized carbons (Fsp3) is 0.448. The lowest BCUT2D eigenvalue weighted by atomic mass is 9.87. The van der Waals surface area contributed by atoms with Crippen molar-refractivity contribution in [2.75, 3.05) is 43.4 Å². The van der Waals surface area contributed by atoms with E-state index in [2.05, 4.69) is 79.0 Å². The lowest BCUT2D eigenvalue weighted by Crippen LogP contribution is -2.30. The monoisotopic (exact) mass is 465 g/mol. The van der Waals surface area contributed by atoms with Gasteiger partial charge in [0.1, 0.15) is 0 Å². The molecule has 0 atom stereocenters. The van der Waals surface area contributed by atoms with E-state index in [4.69, 9.17) is 11.6 Å². The second-order valence-electron chi connectivity index (χ2n) is 9.10. The van der Waals surface area contributed by atoms with Crippen LogP contribution in [0.3, 0.4) is 0 Å². The van der Waals surface area contributed by atoms with Gasteiger partial charge in [0.2, 0.25) is 0 Å². The summed E-state index contributed by atoms with van der Waals surface area (Å²) in [7, 11) is 2.19. The molecule has 3 nitrogen and oxygen atoms in total. The summed E-state index contributed by atoms with van der Waals surface area (Å²) >= 11 is 6.13. The number of likely N-dealkylation sites (N-methyl/N-ethyl adjacent to an activating group) is 1. The number of hydrogen-bond acceptors (Lipinski definition) is 3. The molecule has 2 aromatic rings. The van der Waals surface area contributed by atoms with E-state index in [9.17, 15) is 0 Å². The summed E-state index contributed by atoms with van der Waals surface area (Å²) in [6.45, 7) is 13.0. The molecule has 0 aromatic heterocycles. The van der Waals surface area contributed by atoms with Crippen molar-refractivity contribution in [1.29, 1.82) is 0 Å². The Morgan fingerprint density at radius 1 is 1.00 bits per heavy atom. The molecule has 0 unspecified atom stereocenters. The molecule has 0 heterocycles. The summed E-state index contributed by atoms with van der Waals surface area (Å²) in [5.41, 5.74) is 7.91. The van der Waals surface area contributed by atoms with Crippen LogP contribution in [0.5, 0.6) is 0 Å². The Hall–Kier alpha value is -2.23. The predicted octanol–water partition coefficient (Wildman–Crippen LogP) is 7.68. The Labute approximate surface area is 206 Å². The second-order valence-corrected chi connectivity index (χ2v) is 9.54. The fourth-order valence-corrected chi connectivity index (χ4v) is 4.71. The number of benzene rings is 2. The Bertz CT molecular complexity index is 915. The van der Waals surface area contributed by atoms with Crippen molar-refractivity contribution in [2.45, 2.75) is 52.4 Å². The van der Waals surface area contributed by atoms with Crippen LogP contribution in [-0.2, 0) is 0 Å².